The van der Waals surface area contributed by atoms with Gasteiger partial charge >= 0.3 is 6.09 Å². The van der Waals surface area contributed by atoms with Crippen LogP contribution in [-0.2, 0) is 4.74 Å². The molecule has 0 unspecified atom stereocenters. The van der Waals surface area contributed by atoms with Crippen molar-refractivity contribution in [1.82, 2.24) is 15.2 Å². The lowest BCUT2D eigenvalue weighted by Gasteiger charge is -2.00. The normalized spacial score (nSPS) is 10.7. The molecule has 2 aromatic carbocycles. The maximum Gasteiger partial charge on any atom is 0.427 e. The zero-order valence-electron chi connectivity index (χ0n) is 14.3. The number of nitro benzene ring substituents is 1. The monoisotopic (exact) mass is 365 g/mol. The maximum absolute atomic E-state index is 11.2. The first-order valence-electron chi connectivity index (χ1n) is 7.85. The molecule has 1 amide bonds. The minimum atomic E-state index is -0.696. The predicted octanol–water partition coefficient (Wildman–Crippen LogP) is 3.14. The lowest BCUT2D eigenvalue weighted by Crippen LogP contribution is -2.16. The number of hydrogen-bond donors (Lipinski definition) is 1. The van der Waals surface area contributed by atoms with Crippen molar-refractivity contribution in [3.8, 4) is 16.9 Å². The highest BCUT2D eigenvalue weighted by molar-refractivity contribution is 5.89. The molecule has 1 heterocycles. The van der Waals surface area contributed by atoms with E-state index >= 15 is 0 Å². The van der Waals surface area contributed by atoms with E-state index in [1.165, 1.54) is 25.5 Å². The summed E-state index contributed by atoms with van der Waals surface area (Å²) in [6.07, 6.45) is 2.48. The number of ether oxygens (including phenoxy) is 1. The van der Waals surface area contributed by atoms with Crippen molar-refractivity contribution in [3.05, 3.63) is 76.5 Å². The number of rotatable bonds is 5. The van der Waals surface area contributed by atoms with Crippen molar-refractivity contribution in [2.75, 3.05) is 7.11 Å². The van der Waals surface area contributed by atoms with E-state index in [1.807, 2.05) is 30.3 Å². The highest BCUT2D eigenvalue weighted by atomic mass is 16.6. The molecule has 27 heavy (non-hydrogen) atoms. The van der Waals surface area contributed by atoms with Crippen LogP contribution in [0.3, 0.4) is 0 Å². The summed E-state index contributed by atoms with van der Waals surface area (Å²) in [6.45, 7) is 0. The van der Waals surface area contributed by atoms with E-state index < -0.39 is 11.0 Å². The number of para-hydroxylation sites is 1. The topological polar surface area (TPSA) is 112 Å². The van der Waals surface area contributed by atoms with Gasteiger partial charge in [-0.2, -0.15) is 10.2 Å². The fourth-order valence-corrected chi connectivity index (χ4v) is 2.36. The number of amides is 1. The van der Waals surface area contributed by atoms with Crippen LogP contribution < -0.4 is 5.43 Å². The molecule has 1 N–H and O–H groups in total. The van der Waals surface area contributed by atoms with Crippen LogP contribution in [0.25, 0.3) is 16.9 Å². The number of hydrogen-bond acceptors (Lipinski definition) is 6. The summed E-state index contributed by atoms with van der Waals surface area (Å²) in [5.74, 6) is 0. The number of nitro groups is 1. The second kappa shape index (κ2) is 7.91. The van der Waals surface area contributed by atoms with Gasteiger partial charge in [-0.1, -0.05) is 18.2 Å². The van der Waals surface area contributed by atoms with Gasteiger partial charge in [-0.3, -0.25) is 10.1 Å². The molecule has 9 nitrogen and oxygen atoms in total. The van der Waals surface area contributed by atoms with E-state index in [0.29, 0.717) is 16.8 Å². The van der Waals surface area contributed by atoms with Gasteiger partial charge < -0.3 is 4.74 Å². The van der Waals surface area contributed by atoms with E-state index in [9.17, 15) is 14.9 Å². The van der Waals surface area contributed by atoms with Gasteiger partial charge in [0.05, 0.1) is 23.9 Å². The summed E-state index contributed by atoms with van der Waals surface area (Å²) < 4.78 is 6.13. The molecule has 0 spiro atoms. The van der Waals surface area contributed by atoms with Gasteiger partial charge in [0.15, 0.2) is 0 Å². The minimum Gasteiger partial charge on any atom is -0.452 e. The molecule has 3 aromatic rings. The van der Waals surface area contributed by atoms with E-state index in [1.54, 1.807) is 23.0 Å². The van der Waals surface area contributed by atoms with Crippen molar-refractivity contribution in [2.24, 2.45) is 5.10 Å². The number of hydrazone groups is 1. The summed E-state index contributed by atoms with van der Waals surface area (Å²) in [4.78, 5) is 21.5. The summed E-state index contributed by atoms with van der Waals surface area (Å²) in [5, 5.41) is 19.2. The van der Waals surface area contributed by atoms with Crippen LogP contribution in [0.4, 0.5) is 10.5 Å². The molecule has 0 atom stereocenters. The zero-order chi connectivity index (χ0) is 19.2. The lowest BCUT2D eigenvalue weighted by molar-refractivity contribution is -0.384. The quantitative estimate of drug-likeness (QED) is 0.424. The standard InChI is InChI=1S/C18H15N5O4/c1-27-18(24)20-19-11-14-12-22(15-5-3-2-4-6-15)21-17(14)13-7-9-16(10-8-13)23(25)26/h2-12H,1H3,(H,20,24)/b19-11+. The van der Waals surface area contributed by atoms with Crippen molar-refractivity contribution in [3.63, 3.8) is 0 Å². The summed E-state index contributed by atoms with van der Waals surface area (Å²) in [6, 6.07) is 15.5. The third-order valence-electron chi connectivity index (χ3n) is 3.66. The second-order valence-corrected chi connectivity index (χ2v) is 5.38. The third-order valence-corrected chi connectivity index (χ3v) is 3.66. The Bertz CT molecular complexity index is 981. The Morgan fingerprint density at radius 2 is 1.93 bits per heavy atom. The van der Waals surface area contributed by atoms with Gasteiger partial charge in [-0.25, -0.2) is 14.9 Å². The Kier molecular flexibility index (Phi) is 5.22. The molecular weight excluding hydrogens is 350 g/mol. The number of non-ortho nitro benzene ring substituents is 1. The van der Waals surface area contributed by atoms with Gasteiger partial charge in [-0.15, -0.1) is 0 Å². The van der Waals surface area contributed by atoms with Crippen LogP contribution in [0.2, 0.25) is 0 Å². The molecule has 0 aliphatic carbocycles. The van der Waals surface area contributed by atoms with E-state index in [-0.39, 0.29) is 5.69 Å². The number of methoxy groups -OCH3 is 1. The van der Waals surface area contributed by atoms with E-state index in [2.05, 4.69) is 20.4 Å². The zero-order valence-corrected chi connectivity index (χ0v) is 14.3. The smallest absolute Gasteiger partial charge is 0.427 e. The van der Waals surface area contributed by atoms with E-state index in [4.69, 9.17) is 0 Å². The average Bonchev–Trinajstić information content (AvgIpc) is 3.12. The Balaban J connectivity index is 2.00. The summed E-state index contributed by atoms with van der Waals surface area (Å²) in [7, 11) is 1.24. The first kappa shape index (κ1) is 17.8. The molecule has 136 valence electrons. The molecule has 1 aromatic heterocycles. The van der Waals surface area contributed by atoms with E-state index in [0.717, 1.165) is 5.69 Å². The Morgan fingerprint density at radius 1 is 1.22 bits per heavy atom. The SMILES string of the molecule is COC(=O)N/N=C/c1cn(-c2ccccc2)nc1-c1ccc([N+](=O)[O-])cc1. The molecule has 0 saturated carbocycles. The van der Waals surface area contributed by atoms with Gasteiger partial charge in [0.25, 0.3) is 5.69 Å². The largest absolute Gasteiger partial charge is 0.452 e. The molecule has 0 aliphatic heterocycles. The molecule has 0 aliphatic rings. The average molecular weight is 365 g/mol. The predicted molar refractivity (Wildman–Crippen MR) is 98.8 cm³/mol. The fraction of sp³-hybridized carbons (Fsp3) is 0.0556. The van der Waals surface area contributed by atoms with Crippen molar-refractivity contribution >= 4 is 18.0 Å². The number of nitrogens with one attached hydrogen (secondary N) is 1. The highest BCUT2D eigenvalue weighted by Gasteiger charge is 2.13. The van der Waals surface area contributed by atoms with Crippen LogP contribution in [0, 0.1) is 10.1 Å². The fourth-order valence-electron chi connectivity index (χ4n) is 2.36. The van der Waals surface area contributed by atoms with Crippen LogP contribution in [0.1, 0.15) is 5.56 Å². The number of aromatic nitrogens is 2. The lowest BCUT2D eigenvalue weighted by atomic mass is 10.1. The summed E-state index contributed by atoms with van der Waals surface area (Å²) in [5.41, 5.74) is 4.89. The molecular formula is C18H15N5O4. The first-order valence-corrected chi connectivity index (χ1v) is 7.85. The summed E-state index contributed by atoms with van der Waals surface area (Å²) >= 11 is 0. The van der Waals surface area contributed by atoms with Gasteiger partial charge in [0, 0.05) is 29.5 Å². The third kappa shape index (κ3) is 4.15. The number of carbonyl (C=O) groups excluding carboxylic acids is 1. The minimum absolute atomic E-state index is 0.0104. The van der Waals surface area contributed by atoms with Gasteiger partial charge in [0.1, 0.15) is 5.69 Å². The van der Waals surface area contributed by atoms with Gasteiger partial charge in [0.2, 0.25) is 0 Å². The molecule has 0 fully saturated rings. The molecule has 9 heteroatoms. The van der Waals surface area contributed by atoms with Crippen LogP contribution in [0.15, 0.2) is 65.9 Å². The molecule has 0 bridgehead atoms. The van der Waals surface area contributed by atoms with Crippen LogP contribution >= 0.6 is 0 Å². The van der Waals surface area contributed by atoms with Crippen molar-refractivity contribution in [2.45, 2.75) is 0 Å². The molecule has 0 radical (unpaired) electrons. The Hall–Kier alpha value is -4.01. The van der Waals surface area contributed by atoms with Crippen LogP contribution in [0.5, 0.6) is 0 Å². The Morgan fingerprint density at radius 3 is 2.56 bits per heavy atom. The van der Waals surface area contributed by atoms with Gasteiger partial charge in [-0.05, 0) is 24.3 Å². The maximum atomic E-state index is 11.2. The molecule has 0 saturated heterocycles. The van der Waals surface area contributed by atoms with Crippen molar-refractivity contribution < 1.29 is 14.5 Å². The number of carbonyl (C=O) groups is 1. The highest BCUT2D eigenvalue weighted by Crippen LogP contribution is 2.25. The number of benzene rings is 2. The first-order chi connectivity index (χ1) is 13.1. The molecule has 3 rings (SSSR count). The Labute approximate surface area is 154 Å². The van der Waals surface area contributed by atoms with Crippen LogP contribution in [-0.4, -0.2) is 34.1 Å². The second-order valence-electron chi connectivity index (χ2n) is 5.38. The van der Waals surface area contributed by atoms with Crippen molar-refractivity contribution in [1.29, 1.82) is 0 Å². The number of nitrogens with zero attached hydrogens (tertiary/aromatic N) is 4.